The van der Waals surface area contributed by atoms with Gasteiger partial charge < -0.3 is 9.84 Å². The summed E-state index contributed by atoms with van der Waals surface area (Å²) in [5.74, 6) is -1.88. The summed E-state index contributed by atoms with van der Waals surface area (Å²) in [7, 11) is 0. The molecule has 2 N–H and O–H groups in total. The Morgan fingerprint density at radius 3 is 2.47 bits per heavy atom. The number of carbonyl (C=O) groups is 2. The second kappa shape index (κ2) is 4.16. The topological polar surface area (TPSA) is 78.9 Å². The number of hydrogen-bond acceptors (Lipinski definition) is 4. The van der Waals surface area contributed by atoms with E-state index in [-0.39, 0.29) is 11.8 Å². The molecule has 1 amide bonds. The van der Waals surface area contributed by atoms with E-state index < -0.39 is 11.9 Å². The molecule has 0 aromatic carbocycles. The van der Waals surface area contributed by atoms with Gasteiger partial charge in [-0.05, 0) is 6.42 Å². The summed E-state index contributed by atoms with van der Waals surface area (Å²) in [5, 5.41) is 10.4. The molecule has 0 aromatic rings. The first-order valence-corrected chi connectivity index (χ1v) is 5.04. The van der Waals surface area contributed by atoms with Gasteiger partial charge in [-0.25, -0.2) is 5.01 Å². The molecule has 2 fully saturated rings. The summed E-state index contributed by atoms with van der Waals surface area (Å²) in [6.45, 7) is 2.53. The van der Waals surface area contributed by atoms with E-state index >= 15 is 0 Å². The molecule has 2 atom stereocenters. The fraction of sp³-hybridized carbons (Fsp3) is 0.778. The van der Waals surface area contributed by atoms with Crippen LogP contribution in [0.3, 0.4) is 0 Å². The van der Waals surface area contributed by atoms with Crippen molar-refractivity contribution in [2.75, 3.05) is 26.3 Å². The van der Waals surface area contributed by atoms with Gasteiger partial charge in [0.2, 0.25) is 5.91 Å². The van der Waals surface area contributed by atoms with Crippen molar-refractivity contribution in [1.29, 1.82) is 0 Å². The third-order valence-corrected chi connectivity index (χ3v) is 2.72. The average molecular weight is 214 g/mol. The average Bonchev–Trinajstić information content (AvgIpc) is 2.98. The van der Waals surface area contributed by atoms with Crippen LogP contribution in [0.25, 0.3) is 0 Å². The molecule has 84 valence electrons. The Kier molecular flexibility index (Phi) is 2.88. The highest BCUT2D eigenvalue weighted by molar-refractivity contribution is 5.89. The second-order valence-corrected chi connectivity index (χ2v) is 3.86. The molecule has 6 nitrogen and oxygen atoms in total. The molecule has 0 radical (unpaired) electrons. The number of carbonyl (C=O) groups excluding carboxylic acids is 1. The van der Waals surface area contributed by atoms with Crippen LogP contribution in [0.5, 0.6) is 0 Å². The highest BCUT2D eigenvalue weighted by Crippen LogP contribution is 2.38. The summed E-state index contributed by atoms with van der Waals surface area (Å²) in [4.78, 5) is 22.1. The maximum absolute atomic E-state index is 11.5. The number of carboxylic acids is 1. The summed E-state index contributed by atoms with van der Waals surface area (Å²) in [6, 6.07) is 0. The lowest BCUT2D eigenvalue weighted by atomic mass is 10.3. The largest absolute Gasteiger partial charge is 0.481 e. The van der Waals surface area contributed by atoms with E-state index in [2.05, 4.69) is 5.43 Å². The summed E-state index contributed by atoms with van der Waals surface area (Å²) < 4.78 is 5.13. The standard InChI is InChI=1S/C9H14N2O4/c12-8(6-5-7(6)9(13)14)10-11-1-3-15-4-2-11/h6-7H,1-5H2,(H,10,12)(H,13,14). The maximum Gasteiger partial charge on any atom is 0.307 e. The summed E-state index contributed by atoms with van der Waals surface area (Å²) in [6.07, 6.45) is 0.464. The first-order chi connectivity index (χ1) is 7.18. The SMILES string of the molecule is O=C(O)C1CC1C(=O)NN1CCOCC1. The van der Waals surface area contributed by atoms with Crippen LogP contribution in [0.1, 0.15) is 6.42 Å². The first-order valence-electron chi connectivity index (χ1n) is 5.04. The van der Waals surface area contributed by atoms with Crippen molar-refractivity contribution < 1.29 is 19.4 Å². The molecule has 0 spiro atoms. The molecular formula is C9H14N2O4. The molecule has 1 aliphatic heterocycles. The fourth-order valence-electron chi connectivity index (χ4n) is 1.67. The third kappa shape index (κ3) is 2.45. The third-order valence-electron chi connectivity index (χ3n) is 2.72. The molecule has 1 saturated heterocycles. The van der Waals surface area contributed by atoms with Crippen molar-refractivity contribution in [1.82, 2.24) is 10.4 Å². The number of rotatable bonds is 3. The zero-order valence-corrected chi connectivity index (χ0v) is 8.31. The number of hydrogen-bond donors (Lipinski definition) is 2. The van der Waals surface area contributed by atoms with Crippen LogP contribution in [0.15, 0.2) is 0 Å². The number of morpholine rings is 1. The summed E-state index contributed by atoms with van der Waals surface area (Å²) >= 11 is 0. The van der Waals surface area contributed by atoms with Gasteiger partial charge in [0.05, 0.1) is 25.0 Å². The number of nitrogens with one attached hydrogen (secondary N) is 1. The number of ether oxygens (including phenoxy) is 1. The van der Waals surface area contributed by atoms with Gasteiger partial charge in [-0.1, -0.05) is 0 Å². The fourth-order valence-corrected chi connectivity index (χ4v) is 1.67. The first kappa shape index (κ1) is 10.4. The quantitative estimate of drug-likeness (QED) is 0.634. The van der Waals surface area contributed by atoms with Gasteiger partial charge in [0.1, 0.15) is 0 Å². The minimum Gasteiger partial charge on any atom is -0.481 e. The van der Waals surface area contributed by atoms with Crippen LogP contribution in [0.4, 0.5) is 0 Å². The van der Waals surface area contributed by atoms with Gasteiger partial charge >= 0.3 is 5.97 Å². The molecular weight excluding hydrogens is 200 g/mol. The van der Waals surface area contributed by atoms with Crippen molar-refractivity contribution >= 4 is 11.9 Å². The van der Waals surface area contributed by atoms with Crippen LogP contribution >= 0.6 is 0 Å². The molecule has 1 aliphatic carbocycles. The maximum atomic E-state index is 11.5. The van der Waals surface area contributed by atoms with E-state index in [1.807, 2.05) is 0 Å². The van der Waals surface area contributed by atoms with Gasteiger partial charge in [-0.2, -0.15) is 0 Å². The van der Waals surface area contributed by atoms with E-state index in [9.17, 15) is 9.59 Å². The molecule has 2 unspecified atom stereocenters. The van der Waals surface area contributed by atoms with Crippen LogP contribution in [0.2, 0.25) is 0 Å². The van der Waals surface area contributed by atoms with Gasteiger partial charge in [0, 0.05) is 13.1 Å². The normalized spacial score (nSPS) is 30.9. The molecule has 0 bridgehead atoms. The predicted molar refractivity (Wildman–Crippen MR) is 49.8 cm³/mol. The molecule has 2 rings (SSSR count). The number of nitrogens with zero attached hydrogens (tertiary/aromatic N) is 1. The lowest BCUT2D eigenvalue weighted by Crippen LogP contribution is -2.49. The van der Waals surface area contributed by atoms with Gasteiger partial charge in [0.25, 0.3) is 0 Å². The van der Waals surface area contributed by atoms with Crippen LogP contribution in [-0.2, 0) is 14.3 Å². The van der Waals surface area contributed by atoms with Crippen LogP contribution in [0, 0.1) is 11.8 Å². The van der Waals surface area contributed by atoms with Crippen molar-refractivity contribution in [2.24, 2.45) is 11.8 Å². The molecule has 15 heavy (non-hydrogen) atoms. The lowest BCUT2D eigenvalue weighted by Gasteiger charge is -2.26. The minimum absolute atomic E-state index is 0.177. The molecule has 1 heterocycles. The molecule has 6 heteroatoms. The number of hydrazine groups is 1. The van der Waals surface area contributed by atoms with Gasteiger partial charge in [0.15, 0.2) is 0 Å². The Hall–Kier alpha value is -1.14. The zero-order valence-electron chi connectivity index (χ0n) is 8.31. The van der Waals surface area contributed by atoms with Gasteiger partial charge in [-0.3, -0.25) is 15.0 Å². The zero-order chi connectivity index (χ0) is 10.8. The van der Waals surface area contributed by atoms with E-state index in [1.54, 1.807) is 5.01 Å². The second-order valence-electron chi connectivity index (χ2n) is 3.86. The number of carboxylic acid groups (broad SMARTS) is 1. The van der Waals surface area contributed by atoms with Crippen molar-refractivity contribution in [3.8, 4) is 0 Å². The van der Waals surface area contributed by atoms with E-state index in [0.717, 1.165) is 0 Å². The van der Waals surface area contributed by atoms with Crippen LogP contribution in [-0.4, -0.2) is 48.3 Å². The molecule has 2 aliphatic rings. The van der Waals surface area contributed by atoms with Gasteiger partial charge in [-0.15, -0.1) is 0 Å². The van der Waals surface area contributed by atoms with E-state index in [0.29, 0.717) is 32.7 Å². The van der Waals surface area contributed by atoms with E-state index in [1.165, 1.54) is 0 Å². The highest BCUT2D eigenvalue weighted by Gasteiger charge is 2.48. The van der Waals surface area contributed by atoms with Crippen LogP contribution < -0.4 is 5.43 Å². The minimum atomic E-state index is -0.878. The molecule has 1 saturated carbocycles. The number of amides is 1. The smallest absolute Gasteiger partial charge is 0.307 e. The Balaban J connectivity index is 1.75. The highest BCUT2D eigenvalue weighted by atomic mass is 16.5. The van der Waals surface area contributed by atoms with Crippen molar-refractivity contribution in [3.63, 3.8) is 0 Å². The van der Waals surface area contributed by atoms with Crippen molar-refractivity contribution in [3.05, 3.63) is 0 Å². The molecule has 0 aromatic heterocycles. The Morgan fingerprint density at radius 2 is 1.93 bits per heavy atom. The summed E-state index contributed by atoms with van der Waals surface area (Å²) in [5.41, 5.74) is 2.72. The Bertz CT molecular complexity index is 275. The number of aliphatic carboxylic acids is 1. The monoisotopic (exact) mass is 214 g/mol. The Morgan fingerprint density at radius 1 is 1.27 bits per heavy atom. The van der Waals surface area contributed by atoms with E-state index in [4.69, 9.17) is 9.84 Å². The lowest BCUT2D eigenvalue weighted by molar-refractivity contribution is -0.141. The van der Waals surface area contributed by atoms with Crippen molar-refractivity contribution in [2.45, 2.75) is 6.42 Å². The predicted octanol–water partition coefficient (Wildman–Crippen LogP) is -0.929. The Labute approximate surface area is 87.2 Å².